The summed E-state index contributed by atoms with van der Waals surface area (Å²) in [7, 11) is -3.85. The van der Waals surface area contributed by atoms with Crippen LogP contribution >= 0.6 is 0 Å². The normalized spacial score (nSPS) is 11.7. The third-order valence-electron chi connectivity index (χ3n) is 2.37. The molecule has 0 aliphatic carbocycles. The van der Waals surface area contributed by atoms with Gasteiger partial charge in [-0.1, -0.05) is 6.07 Å². The van der Waals surface area contributed by atoms with Gasteiger partial charge in [0.05, 0.1) is 6.20 Å². The van der Waals surface area contributed by atoms with Gasteiger partial charge >= 0.3 is 0 Å². The average molecular weight is 288 g/mol. The van der Waals surface area contributed by atoms with Gasteiger partial charge in [-0.2, -0.15) is 5.10 Å². The lowest BCUT2D eigenvalue weighted by molar-refractivity contribution is 0.506. The molecule has 0 saturated heterocycles. The Morgan fingerprint density at radius 2 is 2.05 bits per heavy atom. The number of nitrogens with one attached hydrogen (secondary N) is 2. The Hall–Kier alpha value is -2.00. The molecular formula is C10H10F2N4O2S. The number of benzene rings is 1. The van der Waals surface area contributed by atoms with Crippen molar-refractivity contribution in [2.75, 3.05) is 5.73 Å². The summed E-state index contributed by atoms with van der Waals surface area (Å²) in [5, 5.41) is 5.78. The van der Waals surface area contributed by atoms with Crippen LogP contribution in [0.15, 0.2) is 29.3 Å². The third kappa shape index (κ3) is 2.88. The number of sulfonamides is 1. The van der Waals surface area contributed by atoms with Gasteiger partial charge in [-0.15, -0.1) is 0 Å². The number of hydrogen-bond donors (Lipinski definition) is 3. The SMILES string of the molecule is Nc1[nH]ncc1S(=O)(=O)NCc1ccc(F)c(F)c1. The van der Waals surface area contributed by atoms with Gasteiger partial charge in [0, 0.05) is 6.54 Å². The van der Waals surface area contributed by atoms with E-state index in [1.165, 1.54) is 6.07 Å². The third-order valence-corrected chi connectivity index (χ3v) is 3.80. The van der Waals surface area contributed by atoms with Gasteiger partial charge in [0.1, 0.15) is 10.7 Å². The molecule has 19 heavy (non-hydrogen) atoms. The molecule has 4 N–H and O–H groups in total. The van der Waals surface area contributed by atoms with Crippen LogP contribution in [0.1, 0.15) is 5.56 Å². The topological polar surface area (TPSA) is 101 Å². The molecule has 0 fully saturated rings. The summed E-state index contributed by atoms with van der Waals surface area (Å²) in [6.07, 6.45) is 1.06. The Morgan fingerprint density at radius 1 is 1.32 bits per heavy atom. The highest BCUT2D eigenvalue weighted by atomic mass is 32.2. The van der Waals surface area contributed by atoms with Crippen molar-refractivity contribution in [1.82, 2.24) is 14.9 Å². The zero-order valence-electron chi connectivity index (χ0n) is 9.52. The lowest BCUT2D eigenvalue weighted by Gasteiger charge is -2.06. The quantitative estimate of drug-likeness (QED) is 0.772. The lowest BCUT2D eigenvalue weighted by atomic mass is 10.2. The maximum atomic E-state index is 12.9. The summed E-state index contributed by atoms with van der Waals surface area (Å²) in [6, 6.07) is 3.11. The Labute approximate surface area is 107 Å². The number of nitrogens with zero attached hydrogens (tertiary/aromatic N) is 1. The minimum Gasteiger partial charge on any atom is -0.383 e. The Kier molecular flexibility index (Phi) is 3.49. The molecule has 102 valence electrons. The van der Waals surface area contributed by atoms with E-state index in [0.717, 1.165) is 18.3 Å². The number of nitrogens with two attached hydrogens (primary N) is 1. The van der Waals surface area contributed by atoms with Crippen molar-refractivity contribution in [3.05, 3.63) is 41.6 Å². The Bertz CT molecular complexity index is 699. The molecule has 0 amide bonds. The van der Waals surface area contributed by atoms with E-state index in [1.807, 2.05) is 0 Å². The summed E-state index contributed by atoms with van der Waals surface area (Å²) in [5.74, 6) is -2.14. The van der Waals surface area contributed by atoms with Crippen molar-refractivity contribution in [1.29, 1.82) is 0 Å². The van der Waals surface area contributed by atoms with E-state index < -0.39 is 21.7 Å². The van der Waals surface area contributed by atoms with Gasteiger partial charge in [-0.05, 0) is 17.7 Å². The van der Waals surface area contributed by atoms with Crippen molar-refractivity contribution >= 4 is 15.8 Å². The van der Waals surface area contributed by atoms with Crippen LogP contribution in [0.3, 0.4) is 0 Å². The van der Waals surface area contributed by atoms with Crippen LogP contribution < -0.4 is 10.5 Å². The molecule has 1 aromatic heterocycles. The first-order valence-corrected chi connectivity index (χ1v) is 6.61. The van der Waals surface area contributed by atoms with Gasteiger partial charge in [-0.3, -0.25) is 5.10 Å². The van der Waals surface area contributed by atoms with E-state index in [1.54, 1.807) is 0 Å². The molecule has 9 heteroatoms. The molecule has 1 heterocycles. The molecule has 2 aromatic rings. The Morgan fingerprint density at radius 3 is 2.63 bits per heavy atom. The highest BCUT2D eigenvalue weighted by Crippen LogP contribution is 2.15. The number of rotatable bonds is 4. The average Bonchev–Trinajstić information content (AvgIpc) is 2.78. The number of halogens is 2. The van der Waals surface area contributed by atoms with Gasteiger partial charge in [0.15, 0.2) is 11.6 Å². The van der Waals surface area contributed by atoms with Crippen molar-refractivity contribution < 1.29 is 17.2 Å². The second-order valence-electron chi connectivity index (χ2n) is 3.72. The van der Waals surface area contributed by atoms with Crippen molar-refractivity contribution in [3.63, 3.8) is 0 Å². The minimum absolute atomic E-state index is 0.0993. The summed E-state index contributed by atoms with van der Waals surface area (Å²) >= 11 is 0. The first-order chi connectivity index (χ1) is 8.90. The molecule has 0 atom stereocenters. The van der Waals surface area contributed by atoms with E-state index in [-0.39, 0.29) is 22.8 Å². The van der Waals surface area contributed by atoms with E-state index in [2.05, 4.69) is 14.9 Å². The first-order valence-electron chi connectivity index (χ1n) is 5.12. The van der Waals surface area contributed by atoms with Crippen LogP contribution in [0.4, 0.5) is 14.6 Å². The van der Waals surface area contributed by atoms with E-state index in [4.69, 9.17) is 5.73 Å². The largest absolute Gasteiger partial charge is 0.383 e. The summed E-state index contributed by atoms with van der Waals surface area (Å²) in [6.45, 7) is -0.190. The predicted octanol–water partition coefficient (Wildman–Crippen LogP) is 0.749. The van der Waals surface area contributed by atoms with Gasteiger partial charge in [0.2, 0.25) is 10.0 Å². The highest BCUT2D eigenvalue weighted by molar-refractivity contribution is 7.89. The molecule has 0 aliphatic rings. The molecule has 1 aromatic carbocycles. The smallest absolute Gasteiger partial charge is 0.246 e. The number of nitrogen functional groups attached to an aromatic ring is 1. The zero-order chi connectivity index (χ0) is 14.0. The van der Waals surface area contributed by atoms with E-state index in [0.29, 0.717) is 0 Å². The second kappa shape index (κ2) is 4.94. The molecule has 0 bridgehead atoms. The van der Waals surface area contributed by atoms with Crippen molar-refractivity contribution in [3.8, 4) is 0 Å². The number of H-pyrrole nitrogens is 1. The van der Waals surface area contributed by atoms with Crippen molar-refractivity contribution in [2.45, 2.75) is 11.4 Å². The Balaban J connectivity index is 2.14. The molecule has 0 saturated carbocycles. The van der Waals surface area contributed by atoms with Crippen LogP contribution in [-0.4, -0.2) is 18.6 Å². The van der Waals surface area contributed by atoms with E-state index in [9.17, 15) is 17.2 Å². The van der Waals surface area contributed by atoms with Gasteiger partial charge in [-0.25, -0.2) is 21.9 Å². The van der Waals surface area contributed by atoms with E-state index >= 15 is 0 Å². The molecule has 6 nitrogen and oxygen atoms in total. The number of hydrogen-bond acceptors (Lipinski definition) is 4. The molecule has 0 spiro atoms. The van der Waals surface area contributed by atoms with Crippen LogP contribution in [0.2, 0.25) is 0 Å². The molecular weight excluding hydrogens is 278 g/mol. The maximum Gasteiger partial charge on any atom is 0.246 e. The summed E-state index contributed by atoms with van der Waals surface area (Å²) in [5.41, 5.74) is 5.67. The first kappa shape index (κ1) is 13.4. The number of aromatic nitrogens is 2. The number of anilines is 1. The van der Waals surface area contributed by atoms with Gasteiger partial charge in [0.25, 0.3) is 0 Å². The highest BCUT2D eigenvalue weighted by Gasteiger charge is 2.19. The lowest BCUT2D eigenvalue weighted by Crippen LogP contribution is -2.23. The summed E-state index contributed by atoms with van der Waals surface area (Å²) < 4.78 is 51.5. The number of aromatic amines is 1. The minimum atomic E-state index is -3.85. The predicted molar refractivity (Wildman–Crippen MR) is 63.4 cm³/mol. The monoisotopic (exact) mass is 288 g/mol. The zero-order valence-corrected chi connectivity index (χ0v) is 10.3. The standard InChI is InChI=1S/C10H10F2N4O2S/c11-7-2-1-6(3-8(7)12)4-15-19(17,18)9-5-14-16-10(9)13/h1-3,5,15H,4H2,(H3,13,14,16). The van der Waals surface area contributed by atoms with Crippen molar-refractivity contribution in [2.24, 2.45) is 0 Å². The fourth-order valence-electron chi connectivity index (χ4n) is 1.40. The molecule has 0 unspecified atom stereocenters. The van der Waals surface area contributed by atoms with Crippen LogP contribution in [0.5, 0.6) is 0 Å². The second-order valence-corrected chi connectivity index (χ2v) is 5.46. The van der Waals surface area contributed by atoms with Crippen LogP contribution in [-0.2, 0) is 16.6 Å². The summed E-state index contributed by atoms with van der Waals surface area (Å²) in [4.78, 5) is -0.199. The fourth-order valence-corrected chi connectivity index (χ4v) is 2.44. The fraction of sp³-hybridized carbons (Fsp3) is 0.100. The molecule has 2 rings (SSSR count). The molecule has 0 radical (unpaired) electrons. The van der Waals surface area contributed by atoms with Crippen LogP contribution in [0, 0.1) is 11.6 Å². The maximum absolute atomic E-state index is 12.9. The van der Waals surface area contributed by atoms with Crippen LogP contribution in [0.25, 0.3) is 0 Å². The van der Waals surface area contributed by atoms with Gasteiger partial charge < -0.3 is 5.73 Å². The molecule has 0 aliphatic heterocycles.